The van der Waals surface area contributed by atoms with E-state index in [1.807, 2.05) is 49.9 Å². The minimum Gasteiger partial charge on any atom is -0.581 e. The molecule has 0 radical (unpaired) electrons. The fraction of sp³-hybridized carbons (Fsp3) is 0.455. The van der Waals surface area contributed by atoms with Gasteiger partial charge in [0.05, 0.1) is 42.2 Å². The van der Waals surface area contributed by atoms with Gasteiger partial charge in [0.25, 0.3) is 0 Å². The fourth-order valence-electron chi connectivity index (χ4n) is 9.15. The molecule has 304 valence electrons. The van der Waals surface area contributed by atoms with E-state index < -0.39 is 11.4 Å². The second-order valence-electron chi connectivity index (χ2n) is 16.8. The molecule has 10 rings (SSSR count). The van der Waals surface area contributed by atoms with E-state index >= 15 is 4.39 Å². The Morgan fingerprint density at radius 1 is 1.09 bits per heavy atom. The molecule has 1 amide bonds. The maximum Gasteiger partial charge on any atom is 0.410 e. The summed E-state index contributed by atoms with van der Waals surface area (Å²) in [5.74, 6) is 4.22. The SMILES string of the molecule is C#Cc1ccc(COc2c(-c3c(C)c(F)cc4n[n-]cc34)c(C3CC3)c3c4c(nc(OC5CCOCC5)nc24)N2C4C[C@@H](C2CO3)N(C(=O)OC(C)(C)C)C4)cc1.[Pd]. The van der Waals surface area contributed by atoms with Gasteiger partial charge in [-0.1, -0.05) is 18.1 Å². The summed E-state index contributed by atoms with van der Waals surface area (Å²) < 4.78 is 48.2. The molecule has 5 aliphatic rings. The van der Waals surface area contributed by atoms with Crippen LogP contribution >= 0.6 is 0 Å². The number of likely N-dealkylation sites (tertiary alicyclic amines) is 1. The third-order valence-corrected chi connectivity index (χ3v) is 11.9. The molecule has 5 aromatic rings. The summed E-state index contributed by atoms with van der Waals surface area (Å²) >= 11 is 0. The molecular weight excluding hydrogens is 834 g/mol. The van der Waals surface area contributed by atoms with Gasteiger partial charge in [-0.05, 0) is 93.2 Å². The standard InChI is InChI=1S/C44H44FN6O6.Pd/c1-6-24-7-9-25(10-8-24)21-54-40-36(34-23(2)30(45)18-31-29(34)19-46-49-31)35(26-11-12-26)39-37-38(40)47-42(56-28-13-15-53-16-14-28)48-41(37)51-27-17-32(33(51)22-55-39)50(20-27)43(52)57-44(3,4)5;/h1,7-10,18-19,26-28,32-33H,11-17,20-22H2,2-5H3;/q-1;/t27?,32-,33?;/m0./s1. The number of hydrogen-bond donors (Lipinski definition) is 0. The Balaban J connectivity index is 0.00000436. The van der Waals surface area contributed by atoms with Crippen LogP contribution in [0, 0.1) is 25.1 Å². The number of halogens is 1. The number of benzene rings is 3. The minimum absolute atomic E-state index is 0. The molecule has 1 saturated carbocycles. The molecule has 4 fully saturated rings. The maximum absolute atomic E-state index is 16.0. The molecule has 14 heteroatoms. The van der Waals surface area contributed by atoms with Gasteiger partial charge in [0.15, 0.2) is 5.75 Å². The summed E-state index contributed by atoms with van der Waals surface area (Å²) in [6, 6.07) is 8.87. The molecule has 3 atom stereocenters. The normalized spacial score (nSPS) is 21.3. The van der Waals surface area contributed by atoms with E-state index in [4.69, 9.17) is 40.1 Å². The van der Waals surface area contributed by atoms with Crippen molar-refractivity contribution in [2.75, 3.05) is 31.3 Å². The minimum atomic E-state index is -0.632. The number of piperazine rings is 1. The first kappa shape index (κ1) is 38.6. The number of ether oxygens (including phenoxy) is 5. The summed E-state index contributed by atoms with van der Waals surface area (Å²) in [5.41, 5.74) is 4.71. The first-order valence-electron chi connectivity index (χ1n) is 19.9. The topological polar surface area (TPSA) is 122 Å². The van der Waals surface area contributed by atoms with Crippen LogP contribution < -0.4 is 24.2 Å². The van der Waals surface area contributed by atoms with Crippen LogP contribution in [0.15, 0.2) is 36.5 Å². The van der Waals surface area contributed by atoms with Crippen LogP contribution in [-0.2, 0) is 36.5 Å². The summed E-state index contributed by atoms with van der Waals surface area (Å²) in [7, 11) is 0. The Hall–Kier alpha value is -4.95. The molecule has 12 nitrogen and oxygen atoms in total. The van der Waals surface area contributed by atoms with Crippen molar-refractivity contribution in [3.05, 3.63) is 64.6 Å². The molecule has 0 N–H and O–H groups in total. The number of terminal acetylenes is 1. The number of hydrogen-bond acceptors (Lipinski definition) is 10. The first-order valence-corrected chi connectivity index (χ1v) is 19.9. The van der Waals surface area contributed by atoms with E-state index in [2.05, 4.69) is 21.0 Å². The van der Waals surface area contributed by atoms with Crippen molar-refractivity contribution in [1.82, 2.24) is 25.1 Å². The van der Waals surface area contributed by atoms with Crippen LogP contribution in [0.1, 0.15) is 81.0 Å². The third kappa shape index (κ3) is 6.61. The number of carbonyl (C=O) groups excluding carboxylic acids is 1. The average Bonchev–Trinajstić information content (AvgIpc) is 3.67. The van der Waals surface area contributed by atoms with Gasteiger partial charge in [0.1, 0.15) is 47.8 Å². The Kier molecular flexibility index (Phi) is 9.78. The zero-order valence-electron chi connectivity index (χ0n) is 32.8. The molecule has 58 heavy (non-hydrogen) atoms. The molecular formula is C44H44FN6O6Pd-. The van der Waals surface area contributed by atoms with E-state index in [0.29, 0.717) is 89.6 Å². The van der Waals surface area contributed by atoms with Crippen LogP contribution in [0.5, 0.6) is 17.5 Å². The third-order valence-electron chi connectivity index (χ3n) is 11.9. The number of amides is 1. The summed E-state index contributed by atoms with van der Waals surface area (Å²) in [6.07, 6.45) is 10.9. The zero-order chi connectivity index (χ0) is 39.2. The van der Waals surface area contributed by atoms with Crippen LogP contribution in [0.2, 0.25) is 0 Å². The second kappa shape index (κ2) is 14.7. The predicted molar refractivity (Wildman–Crippen MR) is 210 cm³/mol. The van der Waals surface area contributed by atoms with E-state index in [9.17, 15) is 4.79 Å². The smallest absolute Gasteiger partial charge is 0.410 e. The maximum atomic E-state index is 16.0. The number of rotatable bonds is 7. The largest absolute Gasteiger partial charge is 0.581 e. The quantitative estimate of drug-likeness (QED) is 0.122. The first-order chi connectivity index (χ1) is 27.6. The van der Waals surface area contributed by atoms with Gasteiger partial charge in [-0.25, -0.2) is 9.18 Å². The van der Waals surface area contributed by atoms with Crippen LogP contribution in [0.3, 0.4) is 0 Å². The van der Waals surface area contributed by atoms with Crippen LogP contribution in [0.4, 0.5) is 15.0 Å². The Morgan fingerprint density at radius 2 is 1.86 bits per heavy atom. The van der Waals surface area contributed by atoms with E-state index in [0.717, 1.165) is 41.3 Å². The van der Waals surface area contributed by atoms with Crippen molar-refractivity contribution in [3.63, 3.8) is 0 Å². The summed E-state index contributed by atoms with van der Waals surface area (Å²) in [6.45, 7) is 9.55. The van der Waals surface area contributed by atoms with E-state index in [1.165, 1.54) is 6.07 Å². The molecule has 1 aliphatic carbocycles. The fourth-order valence-corrected chi connectivity index (χ4v) is 9.15. The van der Waals surface area contributed by atoms with Crippen molar-refractivity contribution >= 4 is 33.7 Å². The van der Waals surface area contributed by atoms with Crippen molar-refractivity contribution in [3.8, 4) is 41.0 Å². The van der Waals surface area contributed by atoms with Gasteiger partial charge in [-0.2, -0.15) is 16.2 Å². The number of fused-ring (bicyclic) bond motifs is 7. The monoisotopic (exact) mass is 877 g/mol. The molecule has 2 aromatic heterocycles. The van der Waals surface area contributed by atoms with Gasteiger partial charge in [-0.3, -0.25) is 0 Å². The van der Waals surface area contributed by atoms with E-state index in [-0.39, 0.29) is 69.3 Å². The molecule has 3 saturated heterocycles. The number of carbonyl (C=O) groups is 1. The second-order valence-corrected chi connectivity index (χ2v) is 16.8. The number of anilines is 1. The van der Waals surface area contributed by atoms with Crippen LogP contribution in [-0.4, -0.2) is 82.3 Å². The summed E-state index contributed by atoms with van der Waals surface area (Å²) in [5, 5.41) is 9.93. The van der Waals surface area contributed by atoms with Crippen molar-refractivity contribution in [2.24, 2.45) is 0 Å². The number of nitrogens with zero attached hydrogens (tertiary/aromatic N) is 6. The average molecular weight is 878 g/mol. The van der Waals surface area contributed by atoms with Gasteiger partial charge < -0.3 is 43.7 Å². The molecule has 2 bridgehead atoms. The Morgan fingerprint density at radius 3 is 2.59 bits per heavy atom. The van der Waals surface area contributed by atoms with Crippen molar-refractivity contribution in [2.45, 2.75) is 102 Å². The molecule has 2 unspecified atom stereocenters. The predicted octanol–water partition coefficient (Wildman–Crippen LogP) is 7.20. The molecule has 6 heterocycles. The molecule has 4 aliphatic heterocycles. The molecule has 0 spiro atoms. The van der Waals surface area contributed by atoms with Gasteiger partial charge in [-0.15, -0.1) is 6.42 Å². The van der Waals surface area contributed by atoms with Gasteiger partial charge >= 0.3 is 12.1 Å². The Labute approximate surface area is 349 Å². The van der Waals surface area contributed by atoms with Gasteiger partial charge in [0.2, 0.25) is 0 Å². The van der Waals surface area contributed by atoms with Crippen LogP contribution in [0.25, 0.3) is 32.9 Å². The van der Waals surface area contributed by atoms with E-state index in [1.54, 1.807) is 13.1 Å². The summed E-state index contributed by atoms with van der Waals surface area (Å²) in [4.78, 5) is 28.2. The number of aromatic nitrogens is 4. The van der Waals surface area contributed by atoms with Crippen molar-refractivity contribution in [1.29, 1.82) is 0 Å². The molecule has 3 aromatic carbocycles. The Bertz CT molecular complexity index is 2470. The van der Waals surface area contributed by atoms with Gasteiger partial charge in [0, 0.05) is 56.5 Å². The zero-order valence-corrected chi connectivity index (χ0v) is 34.4. The van der Waals surface area contributed by atoms with Crippen molar-refractivity contribution < 1.29 is 53.3 Å².